The second-order valence-corrected chi connectivity index (χ2v) is 6.28. The zero-order valence-electron chi connectivity index (χ0n) is 11.3. The Morgan fingerprint density at radius 3 is 2.80 bits per heavy atom. The lowest BCUT2D eigenvalue weighted by Gasteiger charge is -2.26. The summed E-state index contributed by atoms with van der Waals surface area (Å²) < 4.78 is 16.3. The molecule has 1 N–H and O–H groups in total. The normalized spacial score (nSPS) is 17.0. The van der Waals surface area contributed by atoms with Crippen LogP contribution < -0.4 is 10.2 Å². The van der Waals surface area contributed by atoms with Crippen molar-refractivity contribution in [1.29, 1.82) is 0 Å². The molecule has 1 aromatic rings. The van der Waals surface area contributed by atoms with Gasteiger partial charge >= 0.3 is 0 Å². The molecular formula is C11H18ClN5O2S. The minimum Gasteiger partial charge on any atom is -0.378 e. The molecule has 1 aliphatic heterocycles. The molecule has 1 aliphatic rings. The van der Waals surface area contributed by atoms with Gasteiger partial charge in [0.25, 0.3) is 0 Å². The van der Waals surface area contributed by atoms with Crippen molar-refractivity contribution in [3.8, 4) is 0 Å². The van der Waals surface area contributed by atoms with Gasteiger partial charge in [0, 0.05) is 42.4 Å². The van der Waals surface area contributed by atoms with Crippen LogP contribution in [0.2, 0.25) is 5.28 Å². The quantitative estimate of drug-likeness (QED) is 0.767. The lowest BCUT2D eigenvalue weighted by molar-refractivity contribution is 0.122. The van der Waals surface area contributed by atoms with E-state index in [1.807, 2.05) is 4.90 Å². The van der Waals surface area contributed by atoms with Crippen LogP contribution >= 0.6 is 11.6 Å². The maximum Gasteiger partial charge on any atom is 0.231 e. The van der Waals surface area contributed by atoms with E-state index >= 15 is 0 Å². The maximum absolute atomic E-state index is 11.0. The average Bonchev–Trinajstić information content (AvgIpc) is 2.44. The molecule has 20 heavy (non-hydrogen) atoms. The van der Waals surface area contributed by atoms with Gasteiger partial charge in [-0.05, 0) is 18.0 Å². The summed E-state index contributed by atoms with van der Waals surface area (Å²) >= 11 is 5.92. The van der Waals surface area contributed by atoms with Crippen molar-refractivity contribution in [2.45, 2.75) is 6.42 Å². The highest BCUT2D eigenvalue weighted by molar-refractivity contribution is 7.84. The summed E-state index contributed by atoms with van der Waals surface area (Å²) in [5.74, 6) is 1.67. The van der Waals surface area contributed by atoms with E-state index in [1.165, 1.54) is 0 Å². The Labute approximate surface area is 125 Å². The number of nitrogens with zero attached hydrogens (tertiary/aromatic N) is 4. The van der Waals surface area contributed by atoms with Crippen LogP contribution in [0.1, 0.15) is 6.42 Å². The Bertz CT molecular complexity index is 470. The summed E-state index contributed by atoms with van der Waals surface area (Å²) in [6.45, 7) is 3.47. The Kier molecular flexibility index (Phi) is 5.93. The predicted molar refractivity (Wildman–Crippen MR) is 79.9 cm³/mol. The van der Waals surface area contributed by atoms with E-state index in [9.17, 15) is 4.21 Å². The van der Waals surface area contributed by atoms with Crippen LogP contribution in [0, 0.1) is 0 Å². The summed E-state index contributed by atoms with van der Waals surface area (Å²) in [5.41, 5.74) is 0. The molecule has 7 nitrogen and oxygen atoms in total. The zero-order valence-corrected chi connectivity index (χ0v) is 12.9. The van der Waals surface area contributed by atoms with Crippen LogP contribution in [-0.2, 0) is 15.5 Å². The number of halogens is 1. The van der Waals surface area contributed by atoms with Crippen molar-refractivity contribution in [3.05, 3.63) is 5.28 Å². The SMILES string of the molecule is CS(=O)CCCNc1nc(Cl)nc(N2CCOCC2)n1. The Morgan fingerprint density at radius 2 is 2.10 bits per heavy atom. The molecule has 2 rings (SSSR count). The second-order valence-electron chi connectivity index (χ2n) is 4.39. The van der Waals surface area contributed by atoms with Crippen molar-refractivity contribution < 1.29 is 8.95 Å². The standard InChI is InChI=1S/C11H18ClN5O2S/c1-20(18)8-2-3-13-10-14-9(12)15-11(16-10)17-4-6-19-7-5-17/h2-8H2,1H3,(H,13,14,15,16). The minimum atomic E-state index is -0.777. The van der Waals surface area contributed by atoms with Gasteiger partial charge in [-0.1, -0.05) is 0 Å². The van der Waals surface area contributed by atoms with Gasteiger partial charge in [0.1, 0.15) is 0 Å². The third kappa shape index (κ3) is 4.84. The van der Waals surface area contributed by atoms with Crippen molar-refractivity contribution in [3.63, 3.8) is 0 Å². The average molecular weight is 320 g/mol. The third-order valence-corrected chi connectivity index (χ3v) is 3.81. The third-order valence-electron chi connectivity index (χ3n) is 2.78. The molecule has 1 aromatic heterocycles. The molecule has 0 spiro atoms. The molecule has 9 heteroatoms. The van der Waals surface area contributed by atoms with Crippen molar-refractivity contribution in [1.82, 2.24) is 15.0 Å². The monoisotopic (exact) mass is 319 g/mol. The molecule has 112 valence electrons. The molecule has 0 saturated carbocycles. The Balaban J connectivity index is 1.95. The number of rotatable bonds is 6. The van der Waals surface area contributed by atoms with Gasteiger partial charge in [-0.25, -0.2) is 0 Å². The molecule has 1 atom stereocenters. The fraction of sp³-hybridized carbons (Fsp3) is 0.727. The van der Waals surface area contributed by atoms with Gasteiger partial charge in [0.2, 0.25) is 17.2 Å². The summed E-state index contributed by atoms with van der Waals surface area (Å²) in [5, 5.41) is 3.25. The fourth-order valence-corrected chi connectivity index (χ4v) is 2.51. The van der Waals surface area contributed by atoms with E-state index in [1.54, 1.807) is 6.26 Å². The molecule has 0 bridgehead atoms. The minimum absolute atomic E-state index is 0.169. The molecule has 1 fully saturated rings. The van der Waals surface area contributed by atoms with E-state index in [-0.39, 0.29) is 5.28 Å². The summed E-state index contributed by atoms with van der Waals surface area (Å²) in [4.78, 5) is 14.6. The van der Waals surface area contributed by atoms with Crippen LogP contribution in [0.5, 0.6) is 0 Å². The summed E-state index contributed by atoms with van der Waals surface area (Å²) in [6, 6.07) is 0. The van der Waals surface area contributed by atoms with Gasteiger partial charge < -0.3 is 15.0 Å². The smallest absolute Gasteiger partial charge is 0.231 e. The van der Waals surface area contributed by atoms with E-state index in [0.717, 1.165) is 19.5 Å². The maximum atomic E-state index is 11.0. The number of aromatic nitrogens is 3. The van der Waals surface area contributed by atoms with E-state index in [0.29, 0.717) is 37.4 Å². The first kappa shape index (κ1) is 15.4. The molecule has 1 unspecified atom stereocenters. The van der Waals surface area contributed by atoms with Gasteiger partial charge in [-0.2, -0.15) is 15.0 Å². The Hall–Kier alpha value is -0.990. The summed E-state index contributed by atoms with van der Waals surface area (Å²) in [6.07, 6.45) is 2.48. The first-order valence-corrected chi connectivity index (χ1v) is 8.54. The van der Waals surface area contributed by atoms with Gasteiger partial charge in [-0.15, -0.1) is 0 Å². The molecule has 2 heterocycles. The van der Waals surface area contributed by atoms with Crippen molar-refractivity contribution >= 4 is 34.3 Å². The summed E-state index contributed by atoms with van der Waals surface area (Å²) in [7, 11) is -0.777. The van der Waals surface area contributed by atoms with E-state index < -0.39 is 10.8 Å². The van der Waals surface area contributed by atoms with Crippen LogP contribution in [0.15, 0.2) is 0 Å². The van der Waals surface area contributed by atoms with Crippen LogP contribution in [0.4, 0.5) is 11.9 Å². The number of nitrogens with one attached hydrogen (secondary N) is 1. The number of ether oxygens (including phenoxy) is 1. The number of hydrogen-bond acceptors (Lipinski definition) is 7. The number of morpholine rings is 1. The Morgan fingerprint density at radius 1 is 1.35 bits per heavy atom. The van der Waals surface area contributed by atoms with Crippen molar-refractivity contribution in [2.75, 3.05) is 55.1 Å². The first-order chi connectivity index (χ1) is 9.65. The van der Waals surface area contributed by atoms with Crippen LogP contribution in [0.25, 0.3) is 0 Å². The van der Waals surface area contributed by atoms with Gasteiger partial charge in [-0.3, -0.25) is 4.21 Å². The fourth-order valence-electron chi connectivity index (χ4n) is 1.80. The van der Waals surface area contributed by atoms with E-state index in [2.05, 4.69) is 20.3 Å². The van der Waals surface area contributed by atoms with Crippen LogP contribution in [0.3, 0.4) is 0 Å². The first-order valence-electron chi connectivity index (χ1n) is 6.43. The highest BCUT2D eigenvalue weighted by atomic mass is 35.5. The van der Waals surface area contributed by atoms with Gasteiger partial charge in [0.05, 0.1) is 13.2 Å². The van der Waals surface area contributed by atoms with Gasteiger partial charge in [0.15, 0.2) is 0 Å². The second kappa shape index (κ2) is 7.70. The number of anilines is 2. The highest BCUT2D eigenvalue weighted by Gasteiger charge is 2.15. The van der Waals surface area contributed by atoms with E-state index in [4.69, 9.17) is 16.3 Å². The predicted octanol–water partition coefficient (Wildman–Crippen LogP) is 0.542. The van der Waals surface area contributed by atoms with Crippen LogP contribution in [-0.4, -0.2) is 64.0 Å². The highest BCUT2D eigenvalue weighted by Crippen LogP contribution is 2.14. The largest absolute Gasteiger partial charge is 0.378 e. The molecule has 0 aliphatic carbocycles. The number of hydrogen-bond donors (Lipinski definition) is 1. The molecule has 0 radical (unpaired) electrons. The van der Waals surface area contributed by atoms with Crippen molar-refractivity contribution in [2.24, 2.45) is 0 Å². The topological polar surface area (TPSA) is 80.2 Å². The lowest BCUT2D eigenvalue weighted by atomic mass is 10.4. The zero-order chi connectivity index (χ0) is 14.4. The molecule has 0 aromatic carbocycles. The molecule has 0 amide bonds. The lowest BCUT2D eigenvalue weighted by Crippen LogP contribution is -2.37. The molecule has 1 saturated heterocycles. The molecular weight excluding hydrogens is 302 g/mol.